The highest BCUT2D eigenvalue weighted by molar-refractivity contribution is 5.02. The second kappa shape index (κ2) is 5.10. The topological polar surface area (TPSA) is 27.3 Å². The number of hydrogen-bond donors (Lipinski definition) is 2. The highest BCUT2D eigenvalue weighted by Gasteiger charge is 2.40. The van der Waals surface area contributed by atoms with E-state index in [-0.39, 0.29) is 0 Å². The van der Waals surface area contributed by atoms with Gasteiger partial charge in [0, 0.05) is 37.9 Å². The Labute approximate surface area is 88.2 Å². The molecule has 0 aromatic carbocycles. The van der Waals surface area contributed by atoms with E-state index in [0.717, 1.165) is 13.2 Å². The molecule has 2 rings (SSSR count). The molecule has 2 fully saturated rings. The van der Waals surface area contributed by atoms with Gasteiger partial charge in [-0.1, -0.05) is 13.8 Å². The maximum Gasteiger partial charge on any atom is 0.0460 e. The first-order valence-corrected chi connectivity index (χ1v) is 5.92. The molecule has 3 heteroatoms. The molecule has 84 valence electrons. The van der Waals surface area contributed by atoms with Gasteiger partial charge in [-0.15, -0.1) is 0 Å². The molecule has 2 N–H and O–H groups in total. The minimum atomic E-state index is 0.407. The lowest BCUT2D eigenvalue weighted by Crippen LogP contribution is -2.46. The average molecular weight is 199 g/mol. The van der Waals surface area contributed by atoms with Crippen molar-refractivity contribution in [3.05, 3.63) is 0 Å². The lowest BCUT2D eigenvalue weighted by Gasteiger charge is -2.25. The average Bonchev–Trinajstić information content (AvgIpc) is 2.81. The lowest BCUT2D eigenvalue weighted by molar-refractivity contribution is 0.253. The van der Waals surface area contributed by atoms with Gasteiger partial charge in [0.2, 0.25) is 0 Å². The molecule has 0 radical (unpaired) electrons. The maximum absolute atomic E-state index is 3.56. The van der Waals surface area contributed by atoms with Crippen molar-refractivity contribution in [2.75, 3.05) is 26.3 Å². The van der Waals surface area contributed by atoms with Gasteiger partial charge in [0.05, 0.1) is 0 Å². The van der Waals surface area contributed by atoms with E-state index >= 15 is 0 Å². The molecule has 14 heavy (non-hydrogen) atoms. The van der Waals surface area contributed by atoms with E-state index in [9.17, 15) is 0 Å². The zero-order valence-corrected chi connectivity index (χ0v) is 10.1. The molecule has 1 spiro atoms. The fourth-order valence-electron chi connectivity index (χ4n) is 2.25. The monoisotopic (exact) mass is 199 g/mol. The smallest absolute Gasteiger partial charge is 0.0460 e. The van der Waals surface area contributed by atoms with E-state index in [4.69, 9.17) is 0 Å². The minimum Gasteiger partial charge on any atom is -0.303 e. The zero-order valence-electron chi connectivity index (χ0n) is 10.1. The van der Waals surface area contributed by atoms with Crippen LogP contribution in [0.3, 0.4) is 0 Å². The summed E-state index contributed by atoms with van der Waals surface area (Å²) in [5.41, 5.74) is 0.407. The predicted octanol–water partition coefficient (Wildman–Crippen LogP) is 1.02. The summed E-state index contributed by atoms with van der Waals surface area (Å²) in [4.78, 5) is 2.56. The number of likely N-dealkylation sites (tertiary alicyclic amines) is 1. The molecule has 1 atom stereocenters. The summed E-state index contributed by atoms with van der Waals surface area (Å²) in [6, 6.07) is 0.701. The van der Waals surface area contributed by atoms with Gasteiger partial charge in [-0.25, -0.2) is 0 Å². The molecule has 0 aromatic heterocycles. The first-order valence-electron chi connectivity index (χ1n) is 5.92. The molecule has 2 saturated heterocycles. The number of hydrogen-bond acceptors (Lipinski definition) is 3. The first-order chi connectivity index (χ1) is 6.72. The standard InChI is InChI=1S/C9H19N3.C2H6/c1-8(2)12-4-3-9(6-12)5-10-7-11-9;1-2/h8,10-11H,3-7H2,1-2H3;1-2H3. The highest BCUT2D eigenvalue weighted by atomic mass is 15.3. The summed E-state index contributed by atoms with van der Waals surface area (Å²) in [5.74, 6) is 0. The second-order valence-electron chi connectivity index (χ2n) is 4.37. The highest BCUT2D eigenvalue weighted by Crippen LogP contribution is 2.23. The van der Waals surface area contributed by atoms with Crippen LogP contribution in [0.25, 0.3) is 0 Å². The molecule has 2 aliphatic heterocycles. The number of nitrogens with one attached hydrogen (secondary N) is 2. The normalized spacial score (nSPS) is 32.4. The number of rotatable bonds is 1. The molecule has 2 heterocycles. The quantitative estimate of drug-likeness (QED) is 0.660. The van der Waals surface area contributed by atoms with Gasteiger partial charge in [0.15, 0.2) is 0 Å². The van der Waals surface area contributed by atoms with Crippen LogP contribution in [-0.4, -0.2) is 42.8 Å². The minimum absolute atomic E-state index is 0.407. The van der Waals surface area contributed by atoms with E-state index in [1.807, 2.05) is 13.8 Å². The van der Waals surface area contributed by atoms with Gasteiger partial charge in [-0.05, 0) is 20.3 Å². The molecular weight excluding hydrogens is 174 g/mol. The van der Waals surface area contributed by atoms with E-state index in [1.165, 1.54) is 19.5 Å². The molecular formula is C11H25N3. The van der Waals surface area contributed by atoms with Gasteiger partial charge in [-0.2, -0.15) is 0 Å². The van der Waals surface area contributed by atoms with Crippen LogP contribution in [0.2, 0.25) is 0 Å². The Kier molecular flexibility index (Phi) is 4.35. The van der Waals surface area contributed by atoms with Gasteiger partial charge < -0.3 is 5.32 Å². The molecule has 0 aliphatic carbocycles. The van der Waals surface area contributed by atoms with E-state index in [1.54, 1.807) is 0 Å². The van der Waals surface area contributed by atoms with Crippen molar-refractivity contribution < 1.29 is 0 Å². The van der Waals surface area contributed by atoms with Crippen molar-refractivity contribution in [3.8, 4) is 0 Å². The van der Waals surface area contributed by atoms with E-state index in [2.05, 4.69) is 29.4 Å². The van der Waals surface area contributed by atoms with Gasteiger partial charge in [-0.3, -0.25) is 10.2 Å². The SMILES string of the molecule is CC.CC(C)N1CCC2(CNCN2)C1. The molecule has 3 nitrogen and oxygen atoms in total. The predicted molar refractivity (Wildman–Crippen MR) is 61.4 cm³/mol. The van der Waals surface area contributed by atoms with Crippen LogP contribution in [0.4, 0.5) is 0 Å². The Morgan fingerprint density at radius 2 is 2.00 bits per heavy atom. The number of nitrogens with zero attached hydrogens (tertiary/aromatic N) is 1. The summed E-state index contributed by atoms with van der Waals surface area (Å²) in [7, 11) is 0. The van der Waals surface area contributed by atoms with Crippen LogP contribution in [0.1, 0.15) is 34.1 Å². The first kappa shape index (κ1) is 12.0. The van der Waals surface area contributed by atoms with Crippen molar-refractivity contribution in [2.45, 2.75) is 45.7 Å². The molecule has 2 aliphatic rings. The summed E-state index contributed by atoms with van der Waals surface area (Å²) in [5, 5.41) is 6.94. The molecule has 0 aromatic rings. The molecule has 1 unspecified atom stereocenters. The molecule has 0 bridgehead atoms. The summed E-state index contributed by atoms with van der Waals surface area (Å²) >= 11 is 0. The fraction of sp³-hybridized carbons (Fsp3) is 1.00. The van der Waals surface area contributed by atoms with Crippen LogP contribution < -0.4 is 10.6 Å². The van der Waals surface area contributed by atoms with Crippen molar-refractivity contribution >= 4 is 0 Å². The Bertz CT molecular complexity index is 162. The summed E-state index contributed by atoms with van der Waals surface area (Å²) < 4.78 is 0. The Balaban J connectivity index is 0.000000461. The van der Waals surface area contributed by atoms with Crippen LogP contribution in [0, 0.1) is 0 Å². The lowest BCUT2D eigenvalue weighted by atomic mass is 10.0. The third-order valence-electron chi connectivity index (χ3n) is 3.17. The third-order valence-corrected chi connectivity index (χ3v) is 3.17. The zero-order chi connectivity index (χ0) is 10.6. The van der Waals surface area contributed by atoms with Gasteiger partial charge >= 0.3 is 0 Å². The van der Waals surface area contributed by atoms with Gasteiger partial charge in [0.1, 0.15) is 0 Å². The summed E-state index contributed by atoms with van der Waals surface area (Å²) in [6.45, 7) is 13.2. The van der Waals surface area contributed by atoms with E-state index < -0.39 is 0 Å². The second-order valence-corrected chi connectivity index (χ2v) is 4.37. The Hall–Kier alpha value is -0.120. The molecule has 0 amide bonds. The van der Waals surface area contributed by atoms with E-state index in [0.29, 0.717) is 11.6 Å². The fourth-order valence-corrected chi connectivity index (χ4v) is 2.25. The van der Waals surface area contributed by atoms with Crippen LogP contribution in [-0.2, 0) is 0 Å². The largest absolute Gasteiger partial charge is 0.303 e. The third kappa shape index (κ3) is 2.47. The van der Waals surface area contributed by atoms with Crippen LogP contribution in [0.5, 0.6) is 0 Å². The Morgan fingerprint density at radius 3 is 2.43 bits per heavy atom. The Morgan fingerprint density at radius 1 is 1.29 bits per heavy atom. The van der Waals surface area contributed by atoms with Gasteiger partial charge in [0.25, 0.3) is 0 Å². The maximum atomic E-state index is 3.56. The summed E-state index contributed by atoms with van der Waals surface area (Å²) in [6.07, 6.45) is 1.30. The van der Waals surface area contributed by atoms with Crippen LogP contribution >= 0.6 is 0 Å². The van der Waals surface area contributed by atoms with Crippen molar-refractivity contribution in [1.29, 1.82) is 0 Å². The van der Waals surface area contributed by atoms with Crippen molar-refractivity contribution in [2.24, 2.45) is 0 Å². The van der Waals surface area contributed by atoms with Crippen LogP contribution in [0.15, 0.2) is 0 Å². The molecule has 0 saturated carbocycles. The van der Waals surface area contributed by atoms with Crippen molar-refractivity contribution in [1.82, 2.24) is 15.5 Å². The van der Waals surface area contributed by atoms with Crippen molar-refractivity contribution in [3.63, 3.8) is 0 Å².